The van der Waals surface area contributed by atoms with Gasteiger partial charge in [0.1, 0.15) is 0 Å². The van der Waals surface area contributed by atoms with Gasteiger partial charge < -0.3 is 0 Å². The van der Waals surface area contributed by atoms with Crippen LogP contribution in [0.15, 0.2) is 0 Å². The predicted molar refractivity (Wildman–Crippen MR) is 47.1 cm³/mol. The van der Waals surface area contributed by atoms with Crippen LogP contribution in [0.1, 0.15) is 19.8 Å². The molecule has 0 radical (unpaired) electrons. The summed E-state index contributed by atoms with van der Waals surface area (Å²) in [5.41, 5.74) is 0. The first-order chi connectivity index (χ1) is 3.63. The van der Waals surface area contributed by atoms with Crippen LogP contribution in [0.2, 0.25) is 10.1 Å². The third-order valence-corrected chi connectivity index (χ3v) is 16.3. The molecule has 0 aromatic carbocycles. The minimum absolute atomic E-state index is 0.950. The molecule has 0 aromatic rings. The van der Waals surface area contributed by atoms with E-state index in [9.17, 15) is 0 Å². The molecule has 8 heavy (non-hydrogen) atoms. The van der Waals surface area contributed by atoms with E-state index in [2.05, 4.69) is 35.1 Å². The fourth-order valence-electron chi connectivity index (χ4n) is 0.937. The van der Waals surface area contributed by atoms with Crippen LogP contribution in [0, 0.1) is 0 Å². The van der Waals surface area contributed by atoms with Crippen molar-refractivity contribution in [3.8, 4) is 0 Å². The maximum absolute atomic E-state index is 3.78. The summed E-state index contributed by atoms with van der Waals surface area (Å²) in [6.07, 6.45) is 2.86. The van der Waals surface area contributed by atoms with Crippen molar-refractivity contribution in [2.45, 2.75) is 29.9 Å². The van der Waals surface area contributed by atoms with Crippen LogP contribution in [-0.4, -0.2) is 9.23 Å². The Morgan fingerprint density at radius 3 is 2.25 bits per heavy atom. The summed E-state index contributed by atoms with van der Waals surface area (Å²) in [5, 5.41) is 1.43. The maximum atomic E-state index is 3.78. The molecule has 1 saturated heterocycles. The second-order valence-electron chi connectivity index (χ2n) is 2.28. The van der Waals surface area contributed by atoms with E-state index in [1.165, 1.54) is 18.2 Å². The number of halogens is 2. The zero-order valence-electron chi connectivity index (χ0n) is 4.86. The summed E-state index contributed by atoms with van der Waals surface area (Å²) >= 11 is 7.56. The molecular formula is C5H10Br2Se. The van der Waals surface area contributed by atoms with Gasteiger partial charge in [-0.05, 0) is 0 Å². The Balaban J connectivity index is 2.54. The van der Waals surface area contributed by atoms with Crippen molar-refractivity contribution in [3.63, 3.8) is 0 Å². The van der Waals surface area contributed by atoms with Gasteiger partial charge in [-0.1, -0.05) is 0 Å². The van der Waals surface area contributed by atoms with Gasteiger partial charge in [0.2, 0.25) is 0 Å². The summed E-state index contributed by atoms with van der Waals surface area (Å²) in [4.78, 5) is 0.950. The van der Waals surface area contributed by atoms with E-state index in [-0.39, 0.29) is 0 Å². The molecule has 0 aromatic heterocycles. The Labute approximate surface area is 67.0 Å². The Morgan fingerprint density at radius 2 is 2.12 bits per heavy atom. The van der Waals surface area contributed by atoms with E-state index in [1.807, 2.05) is 0 Å². The SMILES string of the molecule is CC1CCC[Se]1(Br)Br. The van der Waals surface area contributed by atoms with E-state index >= 15 is 0 Å². The van der Waals surface area contributed by atoms with Crippen molar-refractivity contribution >= 4 is 37.4 Å². The second-order valence-corrected chi connectivity index (χ2v) is 24.0. The fraction of sp³-hybridized carbons (Fsp3) is 1.00. The van der Waals surface area contributed by atoms with Crippen molar-refractivity contribution in [1.29, 1.82) is 0 Å². The summed E-state index contributed by atoms with van der Waals surface area (Å²) in [6.45, 7) is 2.34. The summed E-state index contributed by atoms with van der Waals surface area (Å²) in [6, 6.07) is 0. The second kappa shape index (κ2) is 2.61. The monoisotopic (exact) mass is 308 g/mol. The van der Waals surface area contributed by atoms with Crippen LogP contribution >= 0.6 is 28.2 Å². The molecule has 1 atom stereocenters. The summed E-state index contributed by atoms with van der Waals surface area (Å²) in [7, 11) is -1.18. The molecule has 50 valence electrons. The zero-order chi connectivity index (χ0) is 6.20. The molecule has 0 amide bonds. The van der Waals surface area contributed by atoms with Gasteiger partial charge in [0.15, 0.2) is 0 Å². The van der Waals surface area contributed by atoms with Gasteiger partial charge in [-0.25, -0.2) is 0 Å². The van der Waals surface area contributed by atoms with Crippen molar-refractivity contribution in [2.75, 3.05) is 0 Å². The molecule has 1 heterocycles. The third-order valence-electron chi connectivity index (χ3n) is 1.62. The summed E-state index contributed by atoms with van der Waals surface area (Å²) < 4.78 is 0. The van der Waals surface area contributed by atoms with E-state index in [0.717, 1.165) is 4.82 Å². The first kappa shape index (κ1) is 7.58. The quantitative estimate of drug-likeness (QED) is 0.602. The standard InChI is InChI=1S/C5H10Br2Se/c1-5-3-2-4-8(5,6)7/h5H,2-4H2,1H3. The van der Waals surface area contributed by atoms with E-state index < -0.39 is 9.23 Å². The Bertz CT molecular complexity index is 92.4. The fourth-order valence-corrected chi connectivity index (χ4v) is 8.33. The summed E-state index contributed by atoms with van der Waals surface area (Å²) in [5.74, 6) is 0. The minimum atomic E-state index is -1.18. The van der Waals surface area contributed by atoms with Crippen LogP contribution in [0.4, 0.5) is 0 Å². The van der Waals surface area contributed by atoms with Crippen LogP contribution in [0.3, 0.4) is 0 Å². The van der Waals surface area contributed by atoms with Crippen molar-refractivity contribution in [3.05, 3.63) is 0 Å². The molecule has 0 N–H and O–H groups in total. The molecule has 0 bridgehead atoms. The average Bonchev–Trinajstić information content (AvgIpc) is 1.86. The first-order valence-electron chi connectivity index (χ1n) is 2.82. The Morgan fingerprint density at radius 1 is 1.50 bits per heavy atom. The first-order valence-corrected chi connectivity index (χ1v) is 13.0. The average molecular weight is 309 g/mol. The van der Waals surface area contributed by atoms with Gasteiger partial charge in [0.25, 0.3) is 0 Å². The molecule has 1 aliphatic heterocycles. The Kier molecular flexibility index (Phi) is 2.48. The molecule has 1 unspecified atom stereocenters. The van der Waals surface area contributed by atoms with Gasteiger partial charge in [-0.15, -0.1) is 0 Å². The third kappa shape index (κ3) is 1.50. The zero-order valence-corrected chi connectivity index (χ0v) is 9.75. The van der Waals surface area contributed by atoms with Crippen LogP contribution in [0.25, 0.3) is 0 Å². The van der Waals surface area contributed by atoms with Gasteiger partial charge in [0, 0.05) is 0 Å². The van der Waals surface area contributed by atoms with Crippen molar-refractivity contribution < 1.29 is 0 Å². The van der Waals surface area contributed by atoms with Crippen molar-refractivity contribution in [1.82, 2.24) is 0 Å². The number of hydrogen-bond donors (Lipinski definition) is 0. The van der Waals surface area contributed by atoms with Crippen LogP contribution in [0.5, 0.6) is 0 Å². The van der Waals surface area contributed by atoms with E-state index in [4.69, 9.17) is 0 Å². The normalized spacial score (nSPS) is 39.6. The topological polar surface area (TPSA) is 0 Å². The molecule has 0 nitrogen and oxygen atoms in total. The molecule has 1 rings (SSSR count). The van der Waals surface area contributed by atoms with Gasteiger partial charge in [-0.3, -0.25) is 0 Å². The molecule has 0 spiro atoms. The molecular weight excluding hydrogens is 299 g/mol. The Hall–Kier alpha value is 1.48. The number of rotatable bonds is 0. The van der Waals surface area contributed by atoms with Gasteiger partial charge >= 0.3 is 67.4 Å². The predicted octanol–water partition coefficient (Wildman–Crippen LogP) is 3.40. The molecule has 1 aliphatic rings. The van der Waals surface area contributed by atoms with Crippen LogP contribution < -0.4 is 0 Å². The van der Waals surface area contributed by atoms with Crippen LogP contribution in [-0.2, 0) is 0 Å². The molecule has 0 aliphatic carbocycles. The van der Waals surface area contributed by atoms with E-state index in [1.54, 1.807) is 0 Å². The molecule has 0 saturated carbocycles. The van der Waals surface area contributed by atoms with Gasteiger partial charge in [0.05, 0.1) is 0 Å². The number of hydrogen-bond acceptors (Lipinski definition) is 0. The molecule has 1 fully saturated rings. The van der Waals surface area contributed by atoms with Gasteiger partial charge in [-0.2, -0.15) is 0 Å². The van der Waals surface area contributed by atoms with E-state index in [0.29, 0.717) is 0 Å². The molecule has 3 heteroatoms. The van der Waals surface area contributed by atoms with Crippen molar-refractivity contribution in [2.24, 2.45) is 0 Å².